The van der Waals surface area contributed by atoms with Crippen molar-refractivity contribution in [1.82, 2.24) is 0 Å². The molecule has 252 valence electrons. The van der Waals surface area contributed by atoms with Crippen molar-refractivity contribution in [3.63, 3.8) is 0 Å². The summed E-state index contributed by atoms with van der Waals surface area (Å²) in [5, 5.41) is 0. The van der Waals surface area contributed by atoms with Crippen molar-refractivity contribution in [2.45, 2.75) is 103 Å². The largest absolute Gasteiger partial charge is 0.469 e. The highest BCUT2D eigenvalue weighted by molar-refractivity contribution is 7.85. The van der Waals surface area contributed by atoms with Crippen LogP contribution in [0.15, 0.2) is 25.3 Å². The van der Waals surface area contributed by atoms with Gasteiger partial charge in [-0.25, -0.2) is 0 Å². The van der Waals surface area contributed by atoms with Gasteiger partial charge in [-0.3, -0.25) is 23.4 Å². The Morgan fingerprint density at radius 1 is 0.605 bits per heavy atom. The van der Waals surface area contributed by atoms with Crippen molar-refractivity contribution in [2.24, 2.45) is 5.92 Å². The van der Waals surface area contributed by atoms with Crippen LogP contribution in [-0.2, 0) is 52.4 Å². The SMILES string of the molecule is C=CCCCCCCCCC(C(=O)OC)C(=O)OC.C=CCCCCCCCCOS(C)(=O)=O.COC(=O)CC(=O)OC. The van der Waals surface area contributed by atoms with E-state index in [1.54, 1.807) is 0 Å². The van der Waals surface area contributed by atoms with Crippen LogP contribution in [0.2, 0.25) is 0 Å². The summed E-state index contributed by atoms with van der Waals surface area (Å²) in [7, 11) is 1.77. The summed E-state index contributed by atoms with van der Waals surface area (Å²) >= 11 is 0. The Labute approximate surface area is 259 Å². The maximum atomic E-state index is 11.4. The fourth-order valence-electron chi connectivity index (χ4n) is 3.53. The molecule has 0 radical (unpaired) electrons. The molecule has 43 heavy (non-hydrogen) atoms. The highest BCUT2D eigenvalue weighted by atomic mass is 32.2. The summed E-state index contributed by atoms with van der Waals surface area (Å²) in [5.41, 5.74) is 0. The zero-order valence-corrected chi connectivity index (χ0v) is 27.9. The molecule has 12 heteroatoms. The van der Waals surface area contributed by atoms with Gasteiger partial charge in [0.15, 0.2) is 5.92 Å². The third-order valence-corrected chi connectivity index (χ3v) is 6.56. The van der Waals surface area contributed by atoms with E-state index in [1.807, 2.05) is 12.2 Å². The van der Waals surface area contributed by atoms with E-state index in [2.05, 4.69) is 36.3 Å². The van der Waals surface area contributed by atoms with Gasteiger partial charge in [-0.15, -0.1) is 13.2 Å². The molecule has 0 rings (SSSR count). The average molecular weight is 637 g/mol. The summed E-state index contributed by atoms with van der Waals surface area (Å²) in [5.74, 6) is -2.94. The first-order valence-electron chi connectivity index (χ1n) is 14.8. The number of carbonyl (C=O) groups excluding carboxylic acids is 4. The minimum absolute atomic E-state index is 0.312. The van der Waals surface area contributed by atoms with Crippen molar-refractivity contribution in [1.29, 1.82) is 0 Å². The molecule has 11 nitrogen and oxygen atoms in total. The molecule has 0 saturated carbocycles. The van der Waals surface area contributed by atoms with Crippen LogP contribution < -0.4 is 0 Å². The van der Waals surface area contributed by atoms with Gasteiger partial charge in [-0.05, 0) is 38.5 Å². The molecule has 0 unspecified atom stereocenters. The Balaban J connectivity index is -0.000000594. The maximum Gasteiger partial charge on any atom is 0.320 e. The summed E-state index contributed by atoms with van der Waals surface area (Å²) in [6.45, 7) is 7.68. The smallest absolute Gasteiger partial charge is 0.320 e. The lowest BCUT2D eigenvalue weighted by molar-refractivity contribution is -0.159. The van der Waals surface area contributed by atoms with Crippen LogP contribution in [0.5, 0.6) is 0 Å². The van der Waals surface area contributed by atoms with E-state index in [0.29, 0.717) is 13.0 Å². The number of ether oxygens (including phenoxy) is 4. The summed E-state index contributed by atoms with van der Waals surface area (Å²) in [6, 6.07) is 0. The molecule has 0 saturated heterocycles. The molecule has 0 aromatic rings. The lowest BCUT2D eigenvalue weighted by Gasteiger charge is -2.11. The van der Waals surface area contributed by atoms with Crippen molar-refractivity contribution in [3.8, 4) is 0 Å². The molecular formula is C31H56O11S. The molecule has 0 aliphatic carbocycles. The van der Waals surface area contributed by atoms with E-state index < -0.39 is 39.9 Å². The predicted molar refractivity (Wildman–Crippen MR) is 167 cm³/mol. The molecular weight excluding hydrogens is 580 g/mol. The first-order valence-corrected chi connectivity index (χ1v) is 16.6. The van der Waals surface area contributed by atoms with Gasteiger partial charge in [0.2, 0.25) is 0 Å². The zero-order valence-electron chi connectivity index (χ0n) is 27.1. The van der Waals surface area contributed by atoms with Crippen LogP contribution in [0.1, 0.15) is 103 Å². The lowest BCUT2D eigenvalue weighted by atomic mass is 10.00. The van der Waals surface area contributed by atoms with Crippen LogP contribution >= 0.6 is 0 Å². The Bertz CT molecular complexity index is 824. The first kappa shape index (κ1) is 44.7. The van der Waals surface area contributed by atoms with Crippen LogP contribution in [0.25, 0.3) is 0 Å². The summed E-state index contributed by atoms with van der Waals surface area (Å²) in [4.78, 5) is 43.4. The molecule has 0 aromatic heterocycles. The van der Waals surface area contributed by atoms with E-state index in [1.165, 1.54) is 67.0 Å². The quantitative estimate of drug-likeness (QED) is 0.0332. The molecule has 0 aliphatic rings. The molecule has 0 atom stereocenters. The number of rotatable bonds is 23. The molecule has 0 amide bonds. The third kappa shape index (κ3) is 35.4. The van der Waals surface area contributed by atoms with Gasteiger partial charge in [-0.2, -0.15) is 8.42 Å². The van der Waals surface area contributed by atoms with Crippen LogP contribution in [-0.4, -0.2) is 73.6 Å². The first-order chi connectivity index (χ1) is 20.4. The van der Waals surface area contributed by atoms with Crippen LogP contribution in [0, 0.1) is 5.92 Å². The topological polar surface area (TPSA) is 149 Å². The van der Waals surface area contributed by atoms with Crippen molar-refractivity contribution in [2.75, 3.05) is 41.3 Å². The van der Waals surface area contributed by atoms with Gasteiger partial charge in [0, 0.05) is 0 Å². The van der Waals surface area contributed by atoms with E-state index in [4.69, 9.17) is 0 Å². The Kier molecular flexibility index (Phi) is 33.5. The number of methoxy groups -OCH3 is 4. The van der Waals surface area contributed by atoms with Crippen molar-refractivity contribution >= 4 is 34.0 Å². The lowest BCUT2D eigenvalue weighted by Crippen LogP contribution is -2.26. The highest BCUT2D eigenvalue weighted by Gasteiger charge is 2.27. The molecule has 0 N–H and O–H groups in total. The van der Waals surface area contributed by atoms with E-state index in [-0.39, 0.29) is 6.42 Å². The standard InChI is InChI=1S/C15H26O4.C11H22O3S.C5H8O4/c1-4-5-6-7-8-9-10-11-12-13(14(16)18-2)15(17)19-3;1-3-4-5-6-7-8-9-10-11-14-15(2,12)13;1-8-4(6)3-5(7)9-2/h4,13H,1,5-12H2,2-3H3;3H,1,4-11H2,2H3;3H2,1-2H3. The third-order valence-electron chi connectivity index (χ3n) is 5.97. The predicted octanol–water partition coefficient (Wildman–Crippen LogP) is 5.86. The second-order valence-corrected chi connectivity index (χ2v) is 11.3. The fraction of sp³-hybridized carbons (Fsp3) is 0.742. The number of hydrogen-bond acceptors (Lipinski definition) is 11. The minimum atomic E-state index is -3.24. The minimum Gasteiger partial charge on any atom is -0.469 e. The van der Waals surface area contributed by atoms with Gasteiger partial charge in [-0.1, -0.05) is 69.9 Å². The Morgan fingerprint density at radius 3 is 1.33 bits per heavy atom. The van der Waals surface area contributed by atoms with Gasteiger partial charge < -0.3 is 18.9 Å². The molecule has 0 fully saturated rings. The normalized spacial score (nSPS) is 10.3. The van der Waals surface area contributed by atoms with Gasteiger partial charge in [0.05, 0.1) is 41.3 Å². The number of unbranched alkanes of at least 4 members (excludes halogenated alkanes) is 12. The van der Waals surface area contributed by atoms with Crippen molar-refractivity contribution in [3.05, 3.63) is 25.3 Å². The Morgan fingerprint density at radius 2 is 0.977 bits per heavy atom. The molecule has 0 bridgehead atoms. The molecule has 0 aromatic carbocycles. The Hall–Kier alpha value is -2.73. The van der Waals surface area contributed by atoms with E-state index in [9.17, 15) is 27.6 Å². The van der Waals surface area contributed by atoms with Crippen LogP contribution in [0.4, 0.5) is 0 Å². The van der Waals surface area contributed by atoms with E-state index in [0.717, 1.165) is 57.6 Å². The molecule has 0 aliphatic heterocycles. The van der Waals surface area contributed by atoms with E-state index >= 15 is 0 Å². The van der Waals surface area contributed by atoms with Gasteiger partial charge in [0.25, 0.3) is 10.1 Å². The summed E-state index contributed by atoms with van der Waals surface area (Å²) < 4.78 is 43.4. The number of allylic oxidation sites excluding steroid dienone is 2. The summed E-state index contributed by atoms with van der Waals surface area (Å²) in [6.07, 6.45) is 20.6. The second-order valence-electron chi connectivity index (χ2n) is 9.64. The number of hydrogen-bond donors (Lipinski definition) is 0. The monoisotopic (exact) mass is 636 g/mol. The number of esters is 4. The van der Waals surface area contributed by atoms with Gasteiger partial charge in [0.1, 0.15) is 6.42 Å². The maximum absolute atomic E-state index is 11.4. The molecule has 0 spiro atoms. The molecule has 0 heterocycles. The zero-order chi connectivity index (χ0) is 33.4. The van der Waals surface area contributed by atoms with Crippen LogP contribution in [0.3, 0.4) is 0 Å². The second kappa shape index (κ2) is 32.2. The average Bonchev–Trinajstić information content (AvgIpc) is 2.98. The fourth-order valence-corrected chi connectivity index (χ4v) is 3.95. The van der Waals surface area contributed by atoms with Crippen molar-refractivity contribution < 1.29 is 50.7 Å². The van der Waals surface area contributed by atoms with Gasteiger partial charge >= 0.3 is 23.9 Å². The highest BCUT2D eigenvalue weighted by Crippen LogP contribution is 2.15. The number of carbonyl (C=O) groups is 4.